The summed E-state index contributed by atoms with van der Waals surface area (Å²) in [6.45, 7) is 13.8. The van der Waals surface area contributed by atoms with E-state index in [1.165, 1.54) is 22.9 Å². The maximum absolute atomic E-state index is 14.5. The van der Waals surface area contributed by atoms with Crippen LogP contribution in [0.4, 0.5) is 5.69 Å². The summed E-state index contributed by atoms with van der Waals surface area (Å²) >= 11 is 0. The highest BCUT2D eigenvalue weighted by molar-refractivity contribution is 6.38. The monoisotopic (exact) mass is 1270 g/mol. The van der Waals surface area contributed by atoms with Crippen LogP contribution in [0.3, 0.4) is 0 Å². The van der Waals surface area contributed by atoms with Crippen molar-refractivity contribution in [1.82, 2.24) is 57.0 Å². The van der Waals surface area contributed by atoms with E-state index in [1.54, 1.807) is 32.9 Å². The molecule has 5 aliphatic rings. The summed E-state index contributed by atoms with van der Waals surface area (Å²) in [6.07, 6.45) is 13.3. The summed E-state index contributed by atoms with van der Waals surface area (Å²) in [7, 11) is 0. The smallest absolute Gasteiger partial charge is 0.289 e. The van der Waals surface area contributed by atoms with Crippen molar-refractivity contribution in [2.75, 3.05) is 84.4 Å². The summed E-state index contributed by atoms with van der Waals surface area (Å²) < 4.78 is 22.3. The van der Waals surface area contributed by atoms with Gasteiger partial charge >= 0.3 is 0 Å². The average Bonchev–Trinajstić information content (AvgIpc) is 1.64. The minimum absolute atomic E-state index is 0.0148. The van der Waals surface area contributed by atoms with Crippen LogP contribution in [0.1, 0.15) is 174 Å². The summed E-state index contributed by atoms with van der Waals surface area (Å²) in [4.78, 5) is 155. The van der Waals surface area contributed by atoms with E-state index in [2.05, 4.69) is 52.5 Å². The van der Waals surface area contributed by atoms with Crippen LogP contribution >= 0.6 is 0 Å². The van der Waals surface area contributed by atoms with E-state index in [9.17, 15) is 52.7 Å². The second-order valence-corrected chi connectivity index (χ2v) is 25.1. The van der Waals surface area contributed by atoms with Crippen LogP contribution in [0.15, 0.2) is 30.6 Å². The van der Waals surface area contributed by atoms with Gasteiger partial charge in [-0.2, -0.15) is 0 Å². The Kier molecular flexibility index (Phi) is 27.6. The molecule has 1 aromatic heterocycles. The van der Waals surface area contributed by atoms with Crippen LogP contribution in [-0.4, -0.2) is 200 Å². The van der Waals surface area contributed by atoms with E-state index in [4.69, 9.17) is 18.9 Å². The predicted molar refractivity (Wildman–Crippen MR) is 332 cm³/mol. The van der Waals surface area contributed by atoms with Crippen LogP contribution < -0.4 is 42.5 Å². The maximum Gasteiger partial charge on any atom is 0.289 e. The Balaban J connectivity index is 0.665. The zero-order valence-corrected chi connectivity index (χ0v) is 53.4. The molecule has 1 unspecified atom stereocenters. The van der Waals surface area contributed by atoms with Crippen molar-refractivity contribution in [1.29, 1.82) is 0 Å². The van der Waals surface area contributed by atoms with Gasteiger partial charge in [-0.15, -0.1) is 0 Å². The highest BCUT2D eigenvalue weighted by Gasteiger charge is 2.52. The van der Waals surface area contributed by atoms with Crippen LogP contribution in [0.2, 0.25) is 0 Å². The first-order valence-electron chi connectivity index (χ1n) is 32.5. The van der Waals surface area contributed by atoms with Gasteiger partial charge in [0, 0.05) is 68.4 Å². The van der Waals surface area contributed by atoms with Crippen LogP contribution in [-0.2, 0) is 63.8 Å². The molecule has 0 bridgehead atoms. The quantitative estimate of drug-likeness (QED) is 0.0271. The number of anilines is 1. The lowest BCUT2D eigenvalue weighted by atomic mass is 9.85. The lowest BCUT2D eigenvalue weighted by molar-refractivity contribution is -0.146. The fourth-order valence-electron chi connectivity index (χ4n) is 11.8. The summed E-state index contributed by atoms with van der Waals surface area (Å²) in [5, 5.41) is 22.3. The van der Waals surface area contributed by atoms with Crippen molar-refractivity contribution in [3.05, 3.63) is 53.1 Å². The van der Waals surface area contributed by atoms with Crippen LogP contribution in [0.5, 0.6) is 0 Å². The number of carbonyl (C=O) groups excluding carboxylic acids is 11. The molecule has 3 aliphatic heterocycles. The third-order valence-electron chi connectivity index (χ3n) is 17.0. The Bertz CT molecular complexity index is 2870. The molecule has 0 radical (unpaired) electrons. The molecule has 27 heteroatoms. The van der Waals surface area contributed by atoms with Gasteiger partial charge in [0.15, 0.2) is 0 Å². The van der Waals surface area contributed by atoms with E-state index >= 15 is 0 Å². The topological polar surface area (TPSA) is 353 Å². The molecular weight excluding hydrogens is 1180 g/mol. The van der Waals surface area contributed by atoms with Gasteiger partial charge in [0.2, 0.25) is 41.2 Å². The molecule has 2 saturated carbocycles. The third-order valence-corrected chi connectivity index (χ3v) is 17.0. The van der Waals surface area contributed by atoms with Gasteiger partial charge in [0.05, 0.1) is 71.3 Å². The van der Waals surface area contributed by atoms with Gasteiger partial charge in [-0.3, -0.25) is 58.1 Å². The lowest BCUT2D eigenvalue weighted by Gasteiger charge is -2.37. The van der Waals surface area contributed by atoms with Crippen molar-refractivity contribution in [3.63, 3.8) is 0 Å². The van der Waals surface area contributed by atoms with E-state index in [-0.39, 0.29) is 79.4 Å². The zero-order valence-electron chi connectivity index (χ0n) is 53.4. The molecule has 2 aliphatic carbocycles. The number of piperidine rings is 1. The number of ketones is 1. The fourth-order valence-corrected chi connectivity index (χ4v) is 11.8. The van der Waals surface area contributed by atoms with Crippen LogP contribution in [0, 0.1) is 17.3 Å². The Morgan fingerprint density at radius 1 is 0.725 bits per heavy atom. The number of ether oxygens (including phenoxy) is 4. The molecule has 8 N–H and O–H groups in total. The van der Waals surface area contributed by atoms with E-state index in [1.807, 2.05) is 13.0 Å². The van der Waals surface area contributed by atoms with E-state index in [0.717, 1.165) is 81.7 Å². The molecule has 4 fully saturated rings. The highest BCUT2D eigenvalue weighted by Crippen LogP contribution is 2.43. The molecule has 10 amide bonds. The molecule has 2 aromatic rings. The van der Waals surface area contributed by atoms with Crippen molar-refractivity contribution in [2.45, 2.75) is 180 Å². The fraction of sp³-hybridized carbons (Fsp3) is 0.672. The average molecular weight is 1270 g/mol. The number of carbonyl (C=O) groups is 11. The minimum Gasteiger partial charge on any atom is -0.382 e. The third kappa shape index (κ3) is 21.3. The largest absolute Gasteiger partial charge is 0.382 e. The molecule has 91 heavy (non-hydrogen) atoms. The van der Waals surface area contributed by atoms with Crippen molar-refractivity contribution < 1.29 is 71.7 Å². The number of amides is 10. The van der Waals surface area contributed by atoms with Gasteiger partial charge in [0.1, 0.15) is 35.6 Å². The van der Waals surface area contributed by atoms with E-state index < -0.39 is 82.8 Å². The number of aromatic nitrogens is 2. The first-order valence-corrected chi connectivity index (χ1v) is 32.5. The predicted octanol–water partition coefficient (Wildman–Crippen LogP) is 2.40. The number of rotatable bonds is 39. The van der Waals surface area contributed by atoms with Crippen molar-refractivity contribution >= 4 is 70.5 Å². The lowest BCUT2D eigenvalue weighted by Crippen LogP contribution is -2.61. The Labute approximate surface area is 532 Å². The Morgan fingerprint density at radius 3 is 2.00 bits per heavy atom. The normalized spacial score (nSPS) is 19.5. The number of fused-ring (bicyclic) bond motifs is 2. The molecule has 27 nitrogen and oxygen atoms in total. The summed E-state index contributed by atoms with van der Waals surface area (Å²) in [5.41, 5.74) is 1.23. The number of hydrogen-bond donors (Lipinski definition) is 8. The molecule has 1 aromatic carbocycles. The molecule has 500 valence electrons. The maximum atomic E-state index is 14.5. The number of nitrogens with zero attached hydrogens (tertiary/aromatic N) is 4. The summed E-state index contributed by atoms with van der Waals surface area (Å²) in [6, 6.07) is 0.583. The first-order chi connectivity index (χ1) is 43.7. The summed E-state index contributed by atoms with van der Waals surface area (Å²) in [5.74, 6) is -5.35. The molecule has 7 rings (SSSR count). The molecule has 4 heterocycles. The van der Waals surface area contributed by atoms with E-state index in [0.29, 0.717) is 97.3 Å². The van der Waals surface area contributed by atoms with Crippen molar-refractivity contribution in [3.8, 4) is 0 Å². The Hall–Kier alpha value is -7.49. The number of unbranched alkanes of at least 4 members (excludes halogenated alkanes) is 5. The van der Waals surface area contributed by atoms with Gasteiger partial charge in [-0.25, -0.2) is 9.97 Å². The van der Waals surface area contributed by atoms with Gasteiger partial charge in [0.25, 0.3) is 23.6 Å². The number of hydrogen-bond acceptors (Lipinski definition) is 18. The number of nitrogens with one attached hydrogen (secondary N) is 8. The second kappa shape index (κ2) is 35.4. The number of benzene rings is 1. The van der Waals surface area contributed by atoms with Gasteiger partial charge < -0.3 is 66.0 Å². The first kappa shape index (κ1) is 71.0. The highest BCUT2D eigenvalue weighted by atomic mass is 16.6. The number of imide groups is 1. The zero-order chi connectivity index (χ0) is 65.5. The molecule has 0 spiro atoms. The van der Waals surface area contributed by atoms with Gasteiger partial charge in [-0.05, 0) is 87.7 Å². The van der Waals surface area contributed by atoms with Crippen LogP contribution in [0.25, 0.3) is 0 Å². The Morgan fingerprint density at radius 2 is 1.36 bits per heavy atom. The minimum atomic E-state index is -1.12. The second-order valence-electron chi connectivity index (χ2n) is 25.1. The molecule has 2 saturated heterocycles. The standard InChI is InChI=1S/C64H94N12O15/c1-6-15-47(54(79)61(85)71-42-20-21-42)72-60(84)53-43-17-13-16-41(43)38-76(53)63(87)55(64(3,4)5)74-56(80)40(2)70-58(82)49-37-68-48(36-69-49)57(81)67-26-12-10-8-7-9-11-25-66-51(77)24-28-88-30-32-90-34-35-91-33-31-89-29-27-65-46-19-14-18-44-45(46)39-75(62(44)86)50-22-23-52(78)73-59(50)83/h14,18-19,36-37,40-43,47,50,53,55,65H,6-13,15-17,20-35,38-39H2,1-5H3,(H,66,77)(H,67,81)(H,70,82)(H,71,85)(H,72,84)(H,74,80)(H,73,78,83)/t40-,41-,43-,47-,50?,53-,55+/m0/s1. The number of Topliss-reactive ketones (excluding diaryl/α,β-unsaturated/α-hetero) is 1. The van der Waals surface area contributed by atoms with Gasteiger partial charge in [-0.1, -0.05) is 72.3 Å². The van der Waals surface area contributed by atoms with Crippen molar-refractivity contribution in [2.24, 2.45) is 17.3 Å². The SMILES string of the molecule is CCC[C@H](NC(=O)[C@@H]1[C@H]2CCC[C@H]2CN1C(=O)[C@@H](NC(=O)[C@H](C)NC(=O)c1cnc(C(=O)NCCCCCCCCNC(=O)CCOCCOCCOCCOCCNc2cccc3c2CN(C2CCC(=O)NC2=O)C3=O)cn1)C(C)(C)C)C(=O)C(=O)NC1CC1. The number of likely N-dealkylation sites (tertiary alicyclic amines) is 1. The molecular formula is C64H94N12O15. The molecule has 7 atom stereocenters.